The molecule has 2 heterocycles. The molecule has 0 spiro atoms. The molecule has 0 unspecified atom stereocenters. The fourth-order valence-electron chi connectivity index (χ4n) is 1.73. The Kier molecular flexibility index (Phi) is 1.46. The van der Waals surface area contributed by atoms with E-state index in [0.717, 1.165) is 0 Å². The Morgan fingerprint density at radius 1 is 1.42 bits per heavy atom. The zero-order valence-corrected chi connectivity index (χ0v) is 6.66. The van der Waals surface area contributed by atoms with E-state index >= 15 is 0 Å². The first-order chi connectivity index (χ1) is 5.68. The predicted octanol–water partition coefficient (Wildman–Crippen LogP) is -0.771. The maximum absolute atomic E-state index is 11.1. The molecular formula is C7H10N2O3. The number of cyclic esters (lactones) is 1. The zero-order valence-electron chi connectivity index (χ0n) is 6.66. The van der Waals surface area contributed by atoms with E-state index in [4.69, 9.17) is 4.74 Å². The first-order valence-electron chi connectivity index (χ1n) is 3.92. The molecule has 2 fully saturated rings. The van der Waals surface area contributed by atoms with E-state index in [-0.39, 0.29) is 30.0 Å². The molecule has 2 saturated heterocycles. The number of carbonyl (C=O) groups excluding carboxylic acids is 2. The summed E-state index contributed by atoms with van der Waals surface area (Å²) in [7, 11) is 0. The summed E-state index contributed by atoms with van der Waals surface area (Å²) in [6.07, 6.45) is 0. The second-order valence-electron chi connectivity index (χ2n) is 3.17. The van der Waals surface area contributed by atoms with Gasteiger partial charge < -0.3 is 15.4 Å². The number of hydrogen-bond donors (Lipinski definition) is 2. The van der Waals surface area contributed by atoms with Crippen molar-refractivity contribution in [3.05, 3.63) is 0 Å². The lowest BCUT2D eigenvalue weighted by molar-refractivity contribution is -0.141. The maximum atomic E-state index is 11.1. The molecule has 66 valence electrons. The number of amides is 2. The highest BCUT2D eigenvalue weighted by molar-refractivity contribution is 5.83. The third-order valence-corrected chi connectivity index (χ3v) is 2.32. The minimum atomic E-state index is -0.222. The van der Waals surface area contributed by atoms with Crippen LogP contribution in [0.1, 0.15) is 6.92 Å². The molecule has 5 nitrogen and oxygen atoms in total. The van der Waals surface area contributed by atoms with E-state index in [9.17, 15) is 9.59 Å². The Morgan fingerprint density at radius 2 is 2.17 bits per heavy atom. The van der Waals surface area contributed by atoms with Crippen molar-refractivity contribution in [3.8, 4) is 0 Å². The number of rotatable bonds is 0. The molecule has 0 bridgehead atoms. The highest BCUT2D eigenvalue weighted by Gasteiger charge is 2.44. The summed E-state index contributed by atoms with van der Waals surface area (Å²) in [4.78, 5) is 22.0. The Morgan fingerprint density at radius 3 is 2.92 bits per heavy atom. The monoisotopic (exact) mass is 170 g/mol. The molecule has 3 atom stereocenters. The molecule has 2 N–H and O–H groups in total. The molecule has 0 aromatic carbocycles. The van der Waals surface area contributed by atoms with Gasteiger partial charge in [-0.15, -0.1) is 0 Å². The third kappa shape index (κ3) is 0.929. The normalized spacial score (nSPS) is 39.6. The molecule has 5 heteroatoms. The largest absolute Gasteiger partial charge is 0.463 e. The lowest BCUT2D eigenvalue weighted by atomic mass is 9.93. The fraction of sp³-hybridized carbons (Fsp3) is 0.714. The minimum absolute atomic E-state index is 0.126. The van der Waals surface area contributed by atoms with Gasteiger partial charge in [-0.3, -0.25) is 4.79 Å². The zero-order chi connectivity index (χ0) is 8.72. The lowest BCUT2D eigenvalue weighted by Gasteiger charge is -2.29. The van der Waals surface area contributed by atoms with E-state index < -0.39 is 0 Å². The van der Waals surface area contributed by atoms with E-state index in [0.29, 0.717) is 6.61 Å². The van der Waals surface area contributed by atoms with Gasteiger partial charge in [0.1, 0.15) is 12.5 Å². The van der Waals surface area contributed by atoms with Gasteiger partial charge in [0, 0.05) is 6.04 Å². The quantitative estimate of drug-likeness (QED) is 0.469. The molecular weight excluding hydrogens is 160 g/mol. The molecule has 2 rings (SSSR count). The summed E-state index contributed by atoms with van der Waals surface area (Å²) < 4.78 is 4.82. The third-order valence-electron chi connectivity index (χ3n) is 2.32. The van der Waals surface area contributed by atoms with E-state index in [2.05, 4.69) is 10.6 Å². The average Bonchev–Trinajstić information content (AvgIpc) is 2.31. The number of carbonyl (C=O) groups is 2. The van der Waals surface area contributed by atoms with Crippen molar-refractivity contribution in [1.29, 1.82) is 0 Å². The van der Waals surface area contributed by atoms with Crippen LogP contribution < -0.4 is 10.6 Å². The number of nitrogens with one attached hydrogen (secondary N) is 2. The van der Waals surface area contributed by atoms with E-state index in [1.807, 2.05) is 6.92 Å². The Labute approximate surface area is 69.5 Å². The first kappa shape index (κ1) is 7.39. The number of esters is 1. The summed E-state index contributed by atoms with van der Waals surface area (Å²) in [5, 5.41) is 5.27. The Hall–Kier alpha value is -1.26. The van der Waals surface area contributed by atoms with Crippen molar-refractivity contribution in [1.82, 2.24) is 10.6 Å². The molecule has 0 aromatic heterocycles. The summed E-state index contributed by atoms with van der Waals surface area (Å²) >= 11 is 0. The maximum Gasteiger partial charge on any atom is 0.315 e. The molecule has 0 saturated carbocycles. The highest BCUT2D eigenvalue weighted by atomic mass is 16.5. The summed E-state index contributed by atoms with van der Waals surface area (Å²) in [5.41, 5.74) is 0. The Balaban J connectivity index is 2.19. The number of ether oxygens (including phenoxy) is 1. The highest BCUT2D eigenvalue weighted by Crippen LogP contribution is 2.21. The number of hydrogen-bond acceptors (Lipinski definition) is 3. The number of fused-ring (bicyclic) bond motifs is 1. The van der Waals surface area contributed by atoms with Crippen LogP contribution in [0.5, 0.6) is 0 Å². The topological polar surface area (TPSA) is 67.4 Å². The van der Waals surface area contributed by atoms with Gasteiger partial charge in [0.2, 0.25) is 0 Å². The van der Waals surface area contributed by atoms with Crippen molar-refractivity contribution in [2.24, 2.45) is 5.92 Å². The van der Waals surface area contributed by atoms with Crippen molar-refractivity contribution in [3.63, 3.8) is 0 Å². The van der Waals surface area contributed by atoms with Gasteiger partial charge in [-0.1, -0.05) is 0 Å². The van der Waals surface area contributed by atoms with Gasteiger partial charge in [0.15, 0.2) is 0 Å². The van der Waals surface area contributed by atoms with Gasteiger partial charge in [0.25, 0.3) is 0 Å². The van der Waals surface area contributed by atoms with Crippen LogP contribution >= 0.6 is 0 Å². The molecule has 12 heavy (non-hydrogen) atoms. The molecule has 0 aromatic rings. The van der Waals surface area contributed by atoms with Crippen molar-refractivity contribution >= 4 is 12.0 Å². The smallest absolute Gasteiger partial charge is 0.315 e. The van der Waals surface area contributed by atoms with Crippen LogP contribution in [0.15, 0.2) is 0 Å². The van der Waals surface area contributed by atoms with Crippen LogP contribution in [0.2, 0.25) is 0 Å². The van der Waals surface area contributed by atoms with Crippen molar-refractivity contribution < 1.29 is 14.3 Å². The average molecular weight is 170 g/mol. The van der Waals surface area contributed by atoms with Crippen LogP contribution in [-0.2, 0) is 9.53 Å². The molecule has 2 aliphatic heterocycles. The standard InChI is InChI=1S/C7H10N2O3/c1-3-5-4(2-12-6(5)10)9-7(11)8-3/h3-5H,2H2,1H3,(H2,8,9,11)/t3-,4-,5+/m0/s1. The van der Waals surface area contributed by atoms with Gasteiger partial charge in [-0.05, 0) is 6.92 Å². The van der Waals surface area contributed by atoms with Crippen molar-refractivity contribution in [2.45, 2.75) is 19.0 Å². The van der Waals surface area contributed by atoms with Gasteiger partial charge in [-0.2, -0.15) is 0 Å². The summed E-state index contributed by atoms with van der Waals surface area (Å²) in [6.45, 7) is 2.12. The molecule has 0 radical (unpaired) electrons. The van der Waals surface area contributed by atoms with Gasteiger partial charge >= 0.3 is 12.0 Å². The van der Waals surface area contributed by atoms with Crippen LogP contribution in [0.3, 0.4) is 0 Å². The first-order valence-corrected chi connectivity index (χ1v) is 3.92. The molecule has 2 amide bonds. The van der Waals surface area contributed by atoms with Crippen molar-refractivity contribution in [2.75, 3.05) is 6.61 Å². The second-order valence-corrected chi connectivity index (χ2v) is 3.17. The van der Waals surface area contributed by atoms with Crippen LogP contribution in [0, 0.1) is 5.92 Å². The number of urea groups is 1. The van der Waals surface area contributed by atoms with Crippen LogP contribution in [0.25, 0.3) is 0 Å². The molecule has 0 aliphatic carbocycles. The molecule has 2 aliphatic rings. The Bertz CT molecular complexity index is 241. The summed E-state index contributed by atoms with van der Waals surface area (Å²) in [5.74, 6) is -0.442. The minimum Gasteiger partial charge on any atom is -0.463 e. The second kappa shape index (κ2) is 2.36. The van der Waals surface area contributed by atoms with Crippen LogP contribution in [0.4, 0.5) is 4.79 Å². The fourth-order valence-corrected chi connectivity index (χ4v) is 1.73. The predicted molar refractivity (Wildman–Crippen MR) is 39.4 cm³/mol. The summed E-state index contributed by atoms with van der Waals surface area (Å²) in [6, 6.07) is -0.484. The van der Waals surface area contributed by atoms with Gasteiger partial charge in [-0.25, -0.2) is 4.79 Å². The van der Waals surface area contributed by atoms with E-state index in [1.54, 1.807) is 0 Å². The lowest BCUT2D eigenvalue weighted by Crippen LogP contribution is -2.59. The van der Waals surface area contributed by atoms with Gasteiger partial charge in [0.05, 0.1) is 6.04 Å². The SMILES string of the molecule is C[C@@H]1NC(=O)N[C@H]2COC(=O)[C@H]12. The van der Waals surface area contributed by atoms with E-state index in [1.165, 1.54) is 0 Å². The van der Waals surface area contributed by atoms with Crippen LogP contribution in [-0.4, -0.2) is 30.7 Å².